The van der Waals surface area contributed by atoms with E-state index in [1.807, 2.05) is 17.0 Å². The summed E-state index contributed by atoms with van der Waals surface area (Å²) in [4.78, 5) is 26.5. The van der Waals surface area contributed by atoms with Crippen LogP contribution in [0.3, 0.4) is 0 Å². The Hall–Kier alpha value is -2.21. The Morgan fingerprint density at radius 3 is 2.12 bits per heavy atom. The van der Waals surface area contributed by atoms with E-state index >= 15 is 0 Å². The molecule has 2 aromatic carbocycles. The first-order valence-electron chi connectivity index (χ1n) is 8.14. The molecule has 130 valence electrons. The van der Waals surface area contributed by atoms with E-state index in [9.17, 15) is 14.0 Å². The molecule has 0 atom stereocenters. The lowest BCUT2D eigenvalue weighted by Crippen LogP contribution is -2.46. The summed E-state index contributed by atoms with van der Waals surface area (Å²) in [5.41, 5.74) is 1.10. The molecule has 1 fully saturated rings. The molecule has 1 aliphatic heterocycles. The average molecular weight is 405 g/mol. The van der Waals surface area contributed by atoms with Crippen molar-refractivity contribution < 1.29 is 14.0 Å². The molecule has 0 spiro atoms. The van der Waals surface area contributed by atoms with Crippen LogP contribution in [-0.2, 0) is 0 Å². The van der Waals surface area contributed by atoms with Crippen LogP contribution in [0.1, 0.15) is 33.6 Å². The number of carbonyl (C=O) groups is 2. The van der Waals surface area contributed by atoms with Crippen LogP contribution in [0.25, 0.3) is 0 Å². The maximum absolute atomic E-state index is 12.9. The van der Waals surface area contributed by atoms with Gasteiger partial charge in [0, 0.05) is 34.7 Å². The van der Waals surface area contributed by atoms with Crippen molar-refractivity contribution >= 4 is 27.7 Å². The second-order valence-electron chi connectivity index (χ2n) is 6.05. The van der Waals surface area contributed by atoms with Gasteiger partial charge in [-0.05, 0) is 61.4 Å². The Labute approximate surface area is 154 Å². The van der Waals surface area contributed by atoms with Gasteiger partial charge < -0.3 is 10.2 Å². The average Bonchev–Trinajstić information content (AvgIpc) is 2.63. The van der Waals surface area contributed by atoms with Crippen molar-refractivity contribution in [3.05, 3.63) is 69.9 Å². The van der Waals surface area contributed by atoms with Crippen molar-refractivity contribution in [3.8, 4) is 0 Å². The van der Waals surface area contributed by atoms with E-state index in [2.05, 4.69) is 21.2 Å². The van der Waals surface area contributed by atoms with Gasteiger partial charge in [-0.25, -0.2) is 4.39 Å². The number of likely N-dealkylation sites (tertiary alicyclic amines) is 1. The predicted molar refractivity (Wildman–Crippen MR) is 96.9 cm³/mol. The lowest BCUT2D eigenvalue weighted by Gasteiger charge is -2.32. The first-order chi connectivity index (χ1) is 12.0. The third-order valence-corrected chi connectivity index (χ3v) is 4.84. The highest BCUT2D eigenvalue weighted by atomic mass is 79.9. The van der Waals surface area contributed by atoms with Gasteiger partial charge in [0.2, 0.25) is 0 Å². The summed E-state index contributed by atoms with van der Waals surface area (Å²) < 4.78 is 13.9. The molecule has 6 heteroatoms. The molecule has 4 nitrogen and oxygen atoms in total. The molecular formula is C19H18BrFN2O2. The molecule has 0 aliphatic carbocycles. The van der Waals surface area contributed by atoms with Crippen molar-refractivity contribution in [3.63, 3.8) is 0 Å². The zero-order valence-corrected chi connectivity index (χ0v) is 15.1. The van der Waals surface area contributed by atoms with Gasteiger partial charge in [-0.3, -0.25) is 9.59 Å². The highest BCUT2D eigenvalue weighted by molar-refractivity contribution is 9.10. The van der Waals surface area contributed by atoms with E-state index in [0.717, 1.165) is 4.47 Å². The van der Waals surface area contributed by atoms with E-state index in [0.29, 0.717) is 37.1 Å². The van der Waals surface area contributed by atoms with Gasteiger partial charge in [0.05, 0.1) is 0 Å². The Kier molecular flexibility index (Phi) is 5.48. The van der Waals surface area contributed by atoms with Gasteiger partial charge in [0.1, 0.15) is 5.82 Å². The largest absolute Gasteiger partial charge is 0.349 e. The molecule has 0 radical (unpaired) electrons. The standard InChI is InChI=1S/C19H18BrFN2O2/c20-15-5-1-14(2-6-15)19(25)23-11-9-17(10-12-23)22-18(24)13-3-7-16(21)8-4-13/h1-8,17H,9-12H2,(H,22,24). The molecule has 0 saturated carbocycles. The maximum Gasteiger partial charge on any atom is 0.253 e. The number of halogens is 2. The number of hydrogen-bond donors (Lipinski definition) is 1. The predicted octanol–water partition coefficient (Wildman–Crippen LogP) is 3.62. The Bertz CT molecular complexity index is 754. The van der Waals surface area contributed by atoms with Gasteiger partial charge in [0.25, 0.3) is 11.8 Å². The SMILES string of the molecule is O=C(NC1CCN(C(=O)c2ccc(Br)cc2)CC1)c1ccc(F)cc1. The summed E-state index contributed by atoms with van der Waals surface area (Å²) in [6, 6.07) is 12.8. The van der Waals surface area contributed by atoms with E-state index < -0.39 is 0 Å². The number of piperidine rings is 1. The minimum Gasteiger partial charge on any atom is -0.349 e. The zero-order chi connectivity index (χ0) is 17.8. The first kappa shape index (κ1) is 17.6. The lowest BCUT2D eigenvalue weighted by atomic mass is 10.0. The fraction of sp³-hybridized carbons (Fsp3) is 0.263. The van der Waals surface area contributed by atoms with E-state index in [1.165, 1.54) is 24.3 Å². The molecule has 2 aromatic rings. The monoisotopic (exact) mass is 404 g/mol. The zero-order valence-electron chi connectivity index (χ0n) is 13.5. The van der Waals surface area contributed by atoms with E-state index in [4.69, 9.17) is 0 Å². The molecule has 1 N–H and O–H groups in total. The topological polar surface area (TPSA) is 49.4 Å². The highest BCUT2D eigenvalue weighted by Crippen LogP contribution is 2.17. The van der Waals surface area contributed by atoms with Crippen molar-refractivity contribution in [2.75, 3.05) is 13.1 Å². The summed E-state index contributed by atoms with van der Waals surface area (Å²) in [5.74, 6) is -0.565. The minimum atomic E-state index is -0.365. The number of hydrogen-bond acceptors (Lipinski definition) is 2. The van der Waals surface area contributed by atoms with Gasteiger partial charge >= 0.3 is 0 Å². The Balaban J connectivity index is 1.53. The van der Waals surface area contributed by atoms with Crippen LogP contribution in [0.15, 0.2) is 53.0 Å². The summed E-state index contributed by atoms with van der Waals surface area (Å²) in [5, 5.41) is 2.96. The fourth-order valence-corrected chi connectivity index (χ4v) is 3.14. The molecule has 3 rings (SSSR count). The summed E-state index contributed by atoms with van der Waals surface area (Å²) in [6.45, 7) is 1.20. The normalized spacial score (nSPS) is 15.0. The Morgan fingerprint density at radius 1 is 0.960 bits per heavy atom. The quantitative estimate of drug-likeness (QED) is 0.848. The Morgan fingerprint density at radius 2 is 1.52 bits per heavy atom. The van der Waals surface area contributed by atoms with Crippen molar-refractivity contribution in [1.82, 2.24) is 10.2 Å². The summed E-state index contributed by atoms with van der Waals surface area (Å²) in [6.07, 6.45) is 1.41. The number of rotatable bonds is 3. The molecule has 0 unspecified atom stereocenters. The molecule has 1 aliphatic rings. The first-order valence-corrected chi connectivity index (χ1v) is 8.93. The van der Waals surface area contributed by atoms with Crippen molar-refractivity contribution in [2.45, 2.75) is 18.9 Å². The van der Waals surface area contributed by atoms with Crippen LogP contribution >= 0.6 is 15.9 Å². The number of nitrogens with one attached hydrogen (secondary N) is 1. The van der Waals surface area contributed by atoms with Crippen molar-refractivity contribution in [2.24, 2.45) is 0 Å². The van der Waals surface area contributed by atoms with Crippen LogP contribution in [0.2, 0.25) is 0 Å². The molecule has 1 heterocycles. The third kappa shape index (κ3) is 4.45. The second-order valence-corrected chi connectivity index (χ2v) is 6.97. The van der Waals surface area contributed by atoms with Crippen LogP contribution in [0.4, 0.5) is 4.39 Å². The molecule has 1 saturated heterocycles. The lowest BCUT2D eigenvalue weighted by molar-refractivity contribution is 0.0698. The van der Waals surface area contributed by atoms with Crippen LogP contribution in [0, 0.1) is 5.82 Å². The van der Waals surface area contributed by atoms with Crippen LogP contribution in [-0.4, -0.2) is 35.8 Å². The second kappa shape index (κ2) is 7.78. The number of carbonyl (C=O) groups excluding carboxylic acids is 2. The summed E-state index contributed by atoms with van der Waals surface area (Å²) >= 11 is 3.36. The minimum absolute atomic E-state index is 0.0100. The summed E-state index contributed by atoms with van der Waals surface area (Å²) in [7, 11) is 0. The highest BCUT2D eigenvalue weighted by Gasteiger charge is 2.24. The van der Waals surface area contributed by atoms with E-state index in [1.54, 1.807) is 12.1 Å². The van der Waals surface area contributed by atoms with Gasteiger partial charge in [-0.1, -0.05) is 15.9 Å². The molecule has 0 bridgehead atoms. The number of nitrogens with zero attached hydrogens (tertiary/aromatic N) is 1. The molecule has 2 amide bonds. The number of benzene rings is 2. The van der Waals surface area contributed by atoms with Gasteiger partial charge in [-0.15, -0.1) is 0 Å². The molecule has 25 heavy (non-hydrogen) atoms. The van der Waals surface area contributed by atoms with Crippen LogP contribution < -0.4 is 5.32 Å². The molecule has 0 aromatic heterocycles. The maximum atomic E-state index is 12.9. The van der Waals surface area contributed by atoms with Gasteiger partial charge in [0.15, 0.2) is 0 Å². The van der Waals surface area contributed by atoms with Crippen molar-refractivity contribution in [1.29, 1.82) is 0 Å². The van der Waals surface area contributed by atoms with E-state index in [-0.39, 0.29) is 23.7 Å². The van der Waals surface area contributed by atoms with Gasteiger partial charge in [-0.2, -0.15) is 0 Å². The van der Waals surface area contributed by atoms with Crippen LogP contribution in [0.5, 0.6) is 0 Å². The third-order valence-electron chi connectivity index (χ3n) is 4.31. The molecular weight excluding hydrogens is 387 g/mol. The fourth-order valence-electron chi connectivity index (χ4n) is 2.87. The smallest absolute Gasteiger partial charge is 0.253 e. The number of amides is 2.